The van der Waals surface area contributed by atoms with Crippen molar-refractivity contribution in [3.8, 4) is 16.8 Å². The fourth-order valence-electron chi connectivity index (χ4n) is 6.66. The van der Waals surface area contributed by atoms with Gasteiger partial charge in [0.05, 0.1) is 27.6 Å². The Morgan fingerprint density at radius 3 is 1.90 bits per heavy atom. The molecule has 186 valence electrons. The maximum atomic E-state index is 4.22. The molecule has 5 aromatic carbocycles. The monoisotopic (exact) mass is 509 g/mol. The number of para-hydroxylation sites is 2. The summed E-state index contributed by atoms with van der Waals surface area (Å²) >= 11 is 0. The maximum absolute atomic E-state index is 4.22. The van der Waals surface area contributed by atoms with Gasteiger partial charge in [0, 0.05) is 45.0 Å². The summed E-state index contributed by atoms with van der Waals surface area (Å²) in [5, 5.41) is 7.58. The van der Waals surface area contributed by atoms with Crippen molar-refractivity contribution in [2.75, 3.05) is 0 Å². The van der Waals surface area contributed by atoms with Crippen molar-refractivity contribution in [1.29, 1.82) is 0 Å². The van der Waals surface area contributed by atoms with Crippen LogP contribution < -0.4 is 0 Å². The number of hydrogen-bond acceptors (Lipinski definition) is 1. The molecule has 0 aliphatic heterocycles. The van der Waals surface area contributed by atoms with Gasteiger partial charge in [0.15, 0.2) is 0 Å². The van der Waals surface area contributed by atoms with Gasteiger partial charge in [-0.25, -0.2) is 0 Å². The molecule has 9 aromatic rings. The van der Waals surface area contributed by atoms with Crippen molar-refractivity contribution < 1.29 is 0 Å². The van der Waals surface area contributed by atoms with Gasteiger partial charge in [-0.15, -0.1) is 0 Å². The highest BCUT2D eigenvalue weighted by Gasteiger charge is 2.20. The third-order valence-electron chi connectivity index (χ3n) is 8.35. The summed E-state index contributed by atoms with van der Waals surface area (Å²) in [5.74, 6) is 0. The lowest BCUT2D eigenvalue weighted by atomic mass is 10.1. The number of rotatable bonds is 2. The lowest BCUT2D eigenvalue weighted by molar-refractivity contribution is 1.18. The summed E-state index contributed by atoms with van der Waals surface area (Å²) in [5.41, 5.74) is 9.61. The van der Waals surface area contributed by atoms with E-state index in [1.807, 2.05) is 12.4 Å². The van der Waals surface area contributed by atoms with E-state index in [0.717, 1.165) is 11.3 Å². The molecule has 4 heterocycles. The topological polar surface area (TPSA) is 22.2 Å². The van der Waals surface area contributed by atoms with Crippen LogP contribution in [0.25, 0.3) is 76.7 Å². The number of fused-ring (bicyclic) bond motifs is 12. The van der Waals surface area contributed by atoms with E-state index < -0.39 is 0 Å². The Bertz CT molecular complexity index is 2430. The summed E-state index contributed by atoms with van der Waals surface area (Å²) in [7, 11) is 0. The largest absolute Gasteiger partial charge is 0.307 e. The van der Waals surface area contributed by atoms with Crippen LogP contribution in [0.15, 0.2) is 140 Å². The highest BCUT2D eigenvalue weighted by molar-refractivity contribution is 6.22. The van der Waals surface area contributed by atoms with E-state index in [9.17, 15) is 0 Å². The zero-order valence-electron chi connectivity index (χ0n) is 21.6. The van der Waals surface area contributed by atoms with E-state index in [-0.39, 0.29) is 0 Å². The van der Waals surface area contributed by atoms with Crippen molar-refractivity contribution in [3.63, 3.8) is 0 Å². The van der Waals surface area contributed by atoms with Gasteiger partial charge in [-0.3, -0.25) is 4.98 Å². The normalized spacial score (nSPS) is 12.0. The maximum Gasteiger partial charge on any atom is 0.0788 e. The van der Waals surface area contributed by atoms with E-state index in [2.05, 4.69) is 141 Å². The van der Waals surface area contributed by atoms with Gasteiger partial charge in [0.1, 0.15) is 0 Å². The van der Waals surface area contributed by atoms with E-state index in [4.69, 9.17) is 0 Å². The second-order valence-electron chi connectivity index (χ2n) is 10.5. The summed E-state index contributed by atoms with van der Waals surface area (Å²) in [4.78, 5) is 4.22. The van der Waals surface area contributed by atoms with Gasteiger partial charge in [0.2, 0.25) is 0 Å². The Balaban J connectivity index is 1.51. The zero-order valence-corrected chi connectivity index (χ0v) is 21.6. The number of nitrogens with zero attached hydrogens (tertiary/aromatic N) is 3. The molecule has 0 atom stereocenters. The van der Waals surface area contributed by atoms with Crippen LogP contribution in [0.4, 0.5) is 0 Å². The zero-order chi connectivity index (χ0) is 26.2. The van der Waals surface area contributed by atoms with Gasteiger partial charge >= 0.3 is 0 Å². The molecule has 0 amide bonds. The molecule has 4 aromatic heterocycles. The average molecular weight is 510 g/mol. The molecular formula is C37H23N3. The molecule has 0 aliphatic carbocycles. The van der Waals surface area contributed by atoms with Crippen molar-refractivity contribution in [3.05, 3.63) is 140 Å². The van der Waals surface area contributed by atoms with Crippen LogP contribution in [0.1, 0.15) is 0 Å². The number of hydrogen-bond donors (Lipinski definition) is 0. The molecule has 9 rings (SSSR count). The third kappa shape index (κ3) is 2.86. The predicted octanol–water partition coefficient (Wildman–Crippen LogP) is 9.56. The molecule has 0 unspecified atom stereocenters. The van der Waals surface area contributed by atoms with Gasteiger partial charge < -0.3 is 8.97 Å². The van der Waals surface area contributed by atoms with Crippen LogP contribution in [0.5, 0.6) is 0 Å². The van der Waals surface area contributed by atoms with Gasteiger partial charge in [-0.2, -0.15) is 0 Å². The SMILES string of the molecule is c1cc(-c2ccncc2)cc(-n2c3ccccc3c3ccc4cc5c6ccccc6c6ccccc6n5c4c32)c1. The molecule has 0 radical (unpaired) electrons. The standard InChI is InChI=1S/C37H23N3/c1-2-12-30-28(10-1)29-11-3-6-15-34(29)40-35(30)23-26-16-17-32-31-13-4-5-14-33(31)39(37(32)36(26)40)27-9-7-8-25(22-27)24-18-20-38-21-19-24/h1-23H. The van der Waals surface area contributed by atoms with Crippen LogP contribution in [0, 0.1) is 0 Å². The fourth-order valence-corrected chi connectivity index (χ4v) is 6.66. The van der Waals surface area contributed by atoms with E-state index in [0.29, 0.717) is 0 Å². The van der Waals surface area contributed by atoms with Crippen LogP contribution in [0.3, 0.4) is 0 Å². The van der Waals surface area contributed by atoms with Crippen molar-refractivity contribution in [2.45, 2.75) is 0 Å². The lowest BCUT2D eigenvalue weighted by Gasteiger charge is -2.13. The summed E-state index contributed by atoms with van der Waals surface area (Å²) in [6.07, 6.45) is 3.71. The summed E-state index contributed by atoms with van der Waals surface area (Å²) in [6.45, 7) is 0. The minimum Gasteiger partial charge on any atom is -0.307 e. The molecule has 0 N–H and O–H groups in total. The van der Waals surface area contributed by atoms with Gasteiger partial charge in [-0.05, 0) is 59.0 Å². The second-order valence-corrected chi connectivity index (χ2v) is 10.5. The predicted molar refractivity (Wildman–Crippen MR) is 167 cm³/mol. The van der Waals surface area contributed by atoms with E-state index in [1.165, 1.54) is 65.5 Å². The molecule has 0 fully saturated rings. The Hall–Kier alpha value is -5.41. The van der Waals surface area contributed by atoms with Crippen LogP contribution in [0.2, 0.25) is 0 Å². The lowest BCUT2D eigenvalue weighted by Crippen LogP contribution is -1.97. The highest BCUT2D eigenvalue weighted by Crippen LogP contribution is 2.41. The average Bonchev–Trinajstić information content (AvgIpc) is 3.58. The second kappa shape index (κ2) is 8.05. The van der Waals surface area contributed by atoms with Crippen LogP contribution >= 0.6 is 0 Å². The molecule has 0 aliphatic rings. The minimum atomic E-state index is 1.15. The molecule has 0 saturated heterocycles. The van der Waals surface area contributed by atoms with E-state index >= 15 is 0 Å². The fraction of sp³-hybridized carbons (Fsp3) is 0. The number of pyridine rings is 2. The molecule has 0 saturated carbocycles. The minimum absolute atomic E-state index is 1.15. The highest BCUT2D eigenvalue weighted by atomic mass is 15.0. The molecule has 0 spiro atoms. The number of benzene rings is 5. The summed E-state index contributed by atoms with van der Waals surface area (Å²) in [6, 6.07) is 46.3. The Morgan fingerprint density at radius 2 is 1.10 bits per heavy atom. The van der Waals surface area contributed by atoms with Gasteiger partial charge in [0.25, 0.3) is 0 Å². The van der Waals surface area contributed by atoms with Crippen LogP contribution in [-0.4, -0.2) is 14.0 Å². The molecule has 0 bridgehead atoms. The number of aromatic nitrogens is 3. The Labute approximate surface area is 230 Å². The van der Waals surface area contributed by atoms with E-state index in [1.54, 1.807) is 0 Å². The first kappa shape index (κ1) is 21.5. The first-order valence-corrected chi connectivity index (χ1v) is 13.6. The third-order valence-corrected chi connectivity index (χ3v) is 8.35. The molecule has 3 heteroatoms. The first-order valence-electron chi connectivity index (χ1n) is 13.6. The smallest absolute Gasteiger partial charge is 0.0788 e. The Morgan fingerprint density at radius 1 is 0.425 bits per heavy atom. The first-order chi connectivity index (χ1) is 19.9. The van der Waals surface area contributed by atoms with Crippen molar-refractivity contribution in [2.24, 2.45) is 0 Å². The Kier molecular flexibility index (Phi) is 4.33. The molecular weight excluding hydrogens is 486 g/mol. The van der Waals surface area contributed by atoms with Crippen molar-refractivity contribution >= 4 is 59.9 Å². The van der Waals surface area contributed by atoms with Crippen molar-refractivity contribution in [1.82, 2.24) is 14.0 Å². The molecule has 40 heavy (non-hydrogen) atoms. The van der Waals surface area contributed by atoms with Crippen LogP contribution in [-0.2, 0) is 0 Å². The molecule has 3 nitrogen and oxygen atoms in total. The summed E-state index contributed by atoms with van der Waals surface area (Å²) < 4.78 is 4.94. The quantitative estimate of drug-likeness (QED) is 0.213. The van der Waals surface area contributed by atoms with Gasteiger partial charge in [-0.1, -0.05) is 84.9 Å².